The molecule has 0 bridgehead atoms. The highest BCUT2D eigenvalue weighted by molar-refractivity contribution is 6.11. The highest BCUT2D eigenvalue weighted by Crippen LogP contribution is 2.37. The SMILES string of the molecule is CCn1ncc2c(NC3CCOCC3)c(C3=NOC(CC(=O)NC)(CC(=O)NC)C3)cnc21. The molecule has 2 aromatic rings. The average molecular weight is 458 g/mol. The first-order valence-electron chi connectivity index (χ1n) is 11.3. The zero-order chi connectivity index (χ0) is 23.4. The number of nitrogens with zero attached hydrogens (tertiary/aromatic N) is 4. The Morgan fingerprint density at radius 2 is 1.85 bits per heavy atom. The molecular formula is C22H31N7O4. The Morgan fingerprint density at radius 1 is 1.15 bits per heavy atom. The van der Waals surface area contributed by atoms with Gasteiger partial charge in [0.05, 0.1) is 35.8 Å². The van der Waals surface area contributed by atoms with E-state index in [0.29, 0.717) is 31.9 Å². The van der Waals surface area contributed by atoms with Crippen molar-refractivity contribution in [1.29, 1.82) is 0 Å². The van der Waals surface area contributed by atoms with Crippen LogP contribution in [0.4, 0.5) is 5.69 Å². The van der Waals surface area contributed by atoms with E-state index in [1.54, 1.807) is 20.3 Å². The van der Waals surface area contributed by atoms with Crippen molar-refractivity contribution in [1.82, 2.24) is 25.4 Å². The lowest BCUT2D eigenvalue weighted by atomic mass is 9.87. The molecule has 0 saturated carbocycles. The zero-order valence-corrected chi connectivity index (χ0v) is 19.3. The number of hydrogen-bond acceptors (Lipinski definition) is 8. The van der Waals surface area contributed by atoms with E-state index in [9.17, 15) is 9.59 Å². The molecule has 0 aromatic carbocycles. The van der Waals surface area contributed by atoms with Gasteiger partial charge in [0.25, 0.3) is 0 Å². The van der Waals surface area contributed by atoms with Gasteiger partial charge in [-0.1, -0.05) is 5.16 Å². The number of rotatable bonds is 8. The van der Waals surface area contributed by atoms with Gasteiger partial charge in [-0.15, -0.1) is 0 Å². The first-order valence-corrected chi connectivity index (χ1v) is 11.3. The number of ether oxygens (including phenoxy) is 1. The maximum Gasteiger partial charge on any atom is 0.223 e. The number of hydrogen-bond donors (Lipinski definition) is 3. The predicted octanol–water partition coefficient (Wildman–Crippen LogP) is 1.18. The Hall–Kier alpha value is -3.21. The molecule has 2 amide bonds. The third-order valence-electron chi connectivity index (χ3n) is 6.21. The molecule has 0 spiro atoms. The number of anilines is 1. The minimum absolute atomic E-state index is 0.0239. The Labute approximate surface area is 192 Å². The molecule has 0 unspecified atom stereocenters. The summed E-state index contributed by atoms with van der Waals surface area (Å²) in [4.78, 5) is 34.9. The third-order valence-corrected chi connectivity index (χ3v) is 6.21. The van der Waals surface area contributed by atoms with Crippen molar-refractivity contribution in [3.8, 4) is 0 Å². The van der Waals surface area contributed by atoms with Crippen LogP contribution in [0.2, 0.25) is 0 Å². The summed E-state index contributed by atoms with van der Waals surface area (Å²) in [6.07, 6.45) is 5.74. The van der Waals surface area contributed by atoms with Crippen molar-refractivity contribution in [3.05, 3.63) is 18.0 Å². The Kier molecular flexibility index (Phi) is 6.77. The van der Waals surface area contributed by atoms with Crippen LogP contribution in [0.5, 0.6) is 0 Å². The Bertz CT molecular complexity index is 1040. The summed E-state index contributed by atoms with van der Waals surface area (Å²) in [6.45, 7) is 4.15. The maximum absolute atomic E-state index is 12.2. The molecule has 2 aromatic heterocycles. The molecule has 1 saturated heterocycles. The number of carbonyl (C=O) groups is 2. The van der Waals surface area contributed by atoms with Crippen LogP contribution in [-0.4, -0.2) is 71.2 Å². The topological polar surface area (TPSA) is 132 Å². The summed E-state index contributed by atoms with van der Waals surface area (Å²) in [5.41, 5.74) is 2.08. The zero-order valence-electron chi connectivity index (χ0n) is 19.3. The minimum atomic E-state index is -1.05. The molecule has 11 heteroatoms. The van der Waals surface area contributed by atoms with E-state index in [-0.39, 0.29) is 30.7 Å². The first-order chi connectivity index (χ1) is 16.0. The second-order valence-electron chi connectivity index (χ2n) is 8.46. The number of aromatic nitrogens is 3. The lowest BCUT2D eigenvalue weighted by Gasteiger charge is -2.26. The monoisotopic (exact) mass is 457 g/mol. The van der Waals surface area contributed by atoms with Gasteiger partial charge in [-0.2, -0.15) is 5.10 Å². The van der Waals surface area contributed by atoms with Crippen LogP contribution in [0, 0.1) is 0 Å². The molecule has 0 aliphatic carbocycles. The number of aryl methyl sites for hydroxylation is 1. The van der Waals surface area contributed by atoms with Crippen molar-refractivity contribution < 1.29 is 19.2 Å². The second-order valence-corrected chi connectivity index (χ2v) is 8.46. The lowest BCUT2D eigenvalue weighted by molar-refractivity contribution is -0.133. The predicted molar refractivity (Wildman–Crippen MR) is 123 cm³/mol. The fraction of sp³-hybridized carbons (Fsp3) is 0.591. The molecule has 11 nitrogen and oxygen atoms in total. The quantitative estimate of drug-likeness (QED) is 0.542. The fourth-order valence-corrected chi connectivity index (χ4v) is 4.36. The van der Waals surface area contributed by atoms with Gasteiger partial charge >= 0.3 is 0 Å². The minimum Gasteiger partial charge on any atom is -0.387 e. The summed E-state index contributed by atoms with van der Waals surface area (Å²) >= 11 is 0. The van der Waals surface area contributed by atoms with Gasteiger partial charge in [0.1, 0.15) is 0 Å². The molecule has 4 rings (SSSR count). The summed E-state index contributed by atoms with van der Waals surface area (Å²) in [6, 6.07) is 0.248. The smallest absolute Gasteiger partial charge is 0.223 e. The second kappa shape index (κ2) is 9.74. The van der Waals surface area contributed by atoms with Crippen LogP contribution < -0.4 is 16.0 Å². The summed E-state index contributed by atoms with van der Waals surface area (Å²) in [5.74, 6) is -0.428. The van der Waals surface area contributed by atoms with Crippen molar-refractivity contribution >= 4 is 34.2 Å². The van der Waals surface area contributed by atoms with Crippen molar-refractivity contribution in [3.63, 3.8) is 0 Å². The highest BCUT2D eigenvalue weighted by Gasteiger charge is 2.44. The van der Waals surface area contributed by atoms with E-state index < -0.39 is 5.60 Å². The Balaban J connectivity index is 1.70. The number of nitrogens with one attached hydrogen (secondary N) is 3. The van der Waals surface area contributed by atoms with Gasteiger partial charge in [0, 0.05) is 58.1 Å². The molecule has 1 fully saturated rings. The van der Waals surface area contributed by atoms with Crippen LogP contribution in [-0.2, 0) is 25.7 Å². The summed E-state index contributed by atoms with van der Waals surface area (Å²) in [5, 5.41) is 18.6. The van der Waals surface area contributed by atoms with E-state index in [1.807, 2.05) is 17.8 Å². The van der Waals surface area contributed by atoms with Crippen molar-refractivity contribution in [2.24, 2.45) is 5.16 Å². The molecular weight excluding hydrogens is 426 g/mol. The van der Waals surface area contributed by atoms with Gasteiger partial charge in [-0.25, -0.2) is 9.67 Å². The molecule has 0 radical (unpaired) electrons. The van der Waals surface area contributed by atoms with Gasteiger partial charge in [0.2, 0.25) is 11.8 Å². The van der Waals surface area contributed by atoms with Crippen LogP contribution in [0.1, 0.15) is 44.6 Å². The number of carbonyl (C=O) groups excluding carboxylic acids is 2. The van der Waals surface area contributed by atoms with Crippen LogP contribution >= 0.6 is 0 Å². The number of pyridine rings is 1. The van der Waals surface area contributed by atoms with Crippen LogP contribution in [0.25, 0.3) is 11.0 Å². The molecule has 3 N–H and O–H groups in total. The van der Waals surface area contributed by atoms with Gasteiger partial charge in [-0.05, 0) is 19.8 Å². The van der Waals surface area contributed by atoms with E-state index >= 15 is 0 Å². The maximum atomic E-state index is 12.2. The molecule has 2 aliphatic rings. The molecule has 2 aliphatic heterocycles. The molecule has 0 atom stereocenters. The largest absolute Gasteiger partial charge is 0.387 e. The molecule has 4 heterocycles. The lowest BCUT2D eigenvalue weighted by Crippen LogP contribution is -2.40. The van der Waals surface area contributed by atoms with Crippen molar-refractivity contribution in [2.75, 3.05) is 32.6 Å². The normalized spacial score (nSPS) is 18.0. The summed E-state index contributed by atoms with van der Waals surface area (Å²) < 4.78 is 7.36. The first kappa shape index (κ1) is 23.0. The van der Waals surface area contributed by atoms with Crippen molar-refractivity contribution in [2.45, 2.75) is 57.2 Å². The van der Waals surface area contributed by atoms with E-state index in [0.717, 1.165) is 35.1 Å². The van der Waals surface area contributed by atoms with Gasteiger partial charge < -0.3 is 25.5 Å². The average Bonchev–Trinajstić information content (AvgIpc) is 3.44. The molecule has 178 valence electrons. The number of oxime groups is 1. The number of fused-ring (bicyclic) bond motifs is 1. The van der Waals surface area contributed by atoms with E-state index in [2.05, 4.69) is 31.2 Å². The van der Waals surface area contributed by atoms with Gasteiger partial charge in [0.15, 0.2) is 11.2 Å². The third kappa shape index (κ3) is 4.77. The molecule has 33 heavy (non-hydrogen) atoms. The van der Waals surface area contributed by atoms with Gasteiger partial charge in [-0.3, -0.25) is 9.59 Å². The van der Waals surface area contributed by atoms with Crippen LogP contribution in [0.3, 0.4) is 0 Å². The Morgan fingerprint density at radius 3 is 2.48 bits per heavy atom. The fourth-order valence-electron chi connectivity index (χ4n) is 4.36. The summed E-state index contributed by atoms with van der Waals surface area (Å²) in [7, 11) is 3.12. The van der Waals surface area contributed by atoms with E-state index in [4.69, 9.17) is 9.57 Å². The number of amides is 2. The standard InChI is InChI=1S/C22H31N7O4/c1-4-29-21-16(13-26-29)20(27-14-5-7-32-8-6-14)15(12-25-21)17-9-22(33-28-17,10-18(30)23-2)11-19(31)24-3/h12-14H,4-11H2,1-3H3,(H,23,30)(H,24,31)(H,25,27). The highest BCUT2D eigenvalue weighted by atomic mass is 16.7. The van der Waals surface area contributed by atoms with E-state index in [1.165, 1.54) is 0 Å². The van der Waals surface area contributed by atoms with Crippen LogP contribution in [0.15, 0.2) is 17.5 Å².